The molecule has 1 fully saturated rings. The highest BCUT2D eigenvalue weighted by Crippen LogP contribution is 2.55. The zero-order valence-corrected chi connectivity index (χ0v) is 13.9. The van der Waals surface area contributed by atoms with Gasteiger partial charge in [-0.2, -0.15) is 0 Å². The minimum atomic E-state index is -0.670. The van der Waals surface area contributed by atoms with Crippen molar-refractivity contribution in [1.29, 1.82) is 0 Å². The van der Waals surface area contributed by atoms with E-state index in [0.717, 1.165) is 24.3 Å². The summed E-state index contributed by atoms with van der Waals surface area (Å²) in [7, 11) is 1.55. The van der Waals surface area contributed by atoms with Crippen molar-refractivity contribution >= 4 is 5.97 Å². The van der Waals surface area contributed by atoms with Gasteiger partial charge in [0.25, 0.3) is 0 Å². The molecule has 0 aliphatic heterocycles. The van der Waals surface area contributed by atoms with E-state index in [1.54, 1.807) is 7.11 Å². The topological polar surface area (TPSA) is 35.5 Å². The lowest BCUT2D eigenvalue weighted by atomic mass is 9.99. The lowest BCUT2D eigenvalue weighted by molar-refractivity contribution is -0.162. The Bertz CT molecular complexity index is 725. The van der Waals surface area contributed by atoms with Crippen molar-refractivity contribution in [3.05, 3.63) is 71.3 Å². The molecule has 24 heavy (non-hydrogen) atoms. The van der Waals surface area contributed by atoms with Crippen LogP contribution in [0.3, 0.4) is 0 Å². The van der Waals surface area contributed by atoms with Crippen molar-refractivity contribution in [1.82, 2.24) is 0 Å². The summed E-state index contributed by atoms with van der Waals surface area (Å²) in [5.74, 6) is 1.12. The Hall–Kier alpha value is -2.13. The first-order chi connectivity index (χ1) is 11.8. The third-order valence-corrected chi connectivity index (χ3v) is 5.28. The number of hydrogen-bond donors (Lipinski definition) is 0. The molecule has 2 aliphatic rings. The molecule has 3 nitrogen and oxygen atoms in total. The number of methoxy groups -OCH3 is 1. The number of benzene rings is 2. The number of hydrogen-bond acceptors (Lipinski definition) is 3. The van der Waals surface area contributed by atoms with E-state index in [1.165, 1.54) is 17.5 Å². The molecule has 0 amide bonds. The number of ether oxygens (including phenoxy) is 2. The van der Waals surface area contributed by atoms with Gasteiger partial charge < -0.3 is 9.47 Å². The van der Waals surface area contributed by atoms with E-state index in [0.29, 0.717) is 5.92 Å². The third kappa shape index (κ3) is 2.84. The maximum atomic E-state index is 12.7. The van der Waals surface area contributed by atoms with Gasteiger partial charge in [0.15, 0.2) is 6.10 Å². The summed E-state index contributed by atoms with van der Waals surface area (Å²) >= 11 is 0. The van der Waals surface area contributed by atoms with E-state index in [-0.39, 0.29) is 12.1 Å². The number of fused-ring (bicyclic) bond motifs is 3. The Balaban J connectivity index is 1.56. The minimum Gasteiger partial charge on any atom is -0.455 e. The minimum absolute atomic E-state index is 0.164. The fourth-order valence-corrected chi connectivity index (χ4v) is 3.93. The van der Waals surface area contributed by atoms with Gasteiger partial charge in [0.2, 0.25) is 0 Å². The van der Waals surface area contributed by atoms with Crippen molar-refractivity contribution in [2.75, 3.05) is 7.11 Å². The van der Waals surface area contributed by atoms with E-state index in [1.807, 2.05) is 36.4 Å². The van der Waals surface area contributed by atoms with E-state index in [2.05, 4.69) is 18.2 Å². The molecule has 0 unspecified atom stereocenters. The molecule has 2 aliphatic carbocycles. The molecule has 4 atom stereocenters. The van der Waals surface area contributed by atoms with E-state index < -0.39 is 6.10 Å². The lowest BCUT2D eigenvalue weighted by Gasteiger charge is -2.22. The first-order valence-electron chi connectivity index (χ1n) is 8.65. The molecule has 0 N–H and O–H groups in total. The van der Waals surface area contributed by atoms with Crippen LogP contribution in [0.15, 0.2) is 54.6 Å². The van der Waals surface area contributed by atoms with Gasteiger partial charge in [-0.15, -0.1) is 0 Å². The van der Waals surface area contributed by atoms with Crippen molar-refractivity contribution in [3.63, 3.8) is 0 Å². The molecule has 3 heteroatoms. The van der Waals surface area contributed by atoms with Crippen LogP contribution < -0.4 is 0 Å². The molecule has 0 saturated heterocycles. The second-order valence-electron chi connectivity index (χ2n) is 6.76. The van der Waals surface area contributed by atoms with Gasteiger partial charge in [-0.05, 0) is 47.8 Å². The number of esters is 1. The van der Waals surface area contributed by atoms with Gasteiger partial charge >= 0.3 is 5.97 Å². The van der Waals surface area contributed by atoms with Crippen LogP contribution >= 0.6 is 0 Å². The Labute approximate surface area is 142 Å². The van der Waals surface area contributed by atoms with Crippen LogP contribution in [0, 0.1) is 5.92 Å². The zero-order valence-electron chi connectivity index (χ0n) is 13.9. The smallest absolute Gasteiger partial charge is 0.340 e. The van der Waals surface area contributed by atoms with Crippen LogP contribution in [-0.4, -0.2) is 13.1 Å². The van der Waals surface area contributed by atoms with Gasteiger partial charge in [0.1, 0.15) is 6.10 Å². The SMILES string of the molecule is CO[C@H](C(=O)O[C@H]1CC[C@@H]2C[C@@H]2c2ccccc21)c1ccccc1. The summed E-state index contributed by atoms with van der Waals surface area (Å²) in [5.41, 5.74) is 3.37. The summed E-state index contributed by atoms with van der Waals surface area (Å²) in [5, 5.41) is 0. The fraction of sp³-hybridized carbons (Fsp3) is 0.381. The van der Waals surface area contributed by atoms with Crippen molar-refractivity contribution in [2.24, 2.45) is 5.92 Å². The molecule has 4 rings (SSSR count). The second-order valence-corrected chi connectivity index (χ2v) is 6.76. The summed E-state index contributed by atoms with van der Waals surface area (Å²) in [6.07, 6.45) is 2.47. The molecule has 0 radical (unpaired) electrons. The summed E-state index contributed by atoms with van der Waals surface area (Å²) in [4.78, 5) is 12.7. The molecule has 0 spiro atoms. The highest BCUT2D eigenvalue weighted by Gasteiger charge is 2.43. The Morgan fingerprint density at radius 2 is 1.71 bits per heavy atom. The van der Waals surface area contributed by atoms with Gasteiger partial charge in [-0.3, -0.25) is 0 Å². The number of rotatable bonds is 4. The van der Waals surface area contributed by atoms with Crippen molar-refractivity contribution in [3.8, 4) is 0 Å². The predicted octanol–water partition coefficient (Wildman–Crippen LogP) is 4.56. The Morgan fingerprint density at radius 1 is 1.00 bits per heavy atom. The maximum Gasteiger partial charge on any atom is 0.340 e. The first kappa shape index (κ1) is 15.4. The molecule has 0 bridgehead atoms. The molecular formula is C21H22O3. The Kier molecular flexibility index (Phi) is 4.11. The number of carbonyl (C=O) groups is 1. The highest BCUT2D eigenvalue weighted by atomic mass is 16.6. The molecule has 0 heterocycles. The van der Waals surface area contributed by atoms with Crippen LogP contribution in [0.5, 0.6) is 0 Å². The van der Waals surface area contributed by atoms with Crippen LogP contribution in [0.1, 0.15) is 54.1 Å². The lowest BCUT2D eigenvalue weighted by Crippen LogP contribution is -2.20. The van der Waals surface area contributed by atoms with E-state index >= 15 is 0 Å². The molecular weight excluding hydrogens is 300 g/mol. The predicted molar refractivity (Wildman–Crippen MR) is 91.5 cm³/mol. The average Bonchev–Trinajstić information content (AvgIpc) is 3.40. The first-order valence-corrected chi connectivity index (χ1v) is 8.65. The fourth-order valence-electron chi connectivity index (χ4n) is 3.93. The summed E-state index contributed by atoms with van der Waals surface area (Å²) < 4.78 is 11.3. The Morgan fingerprint density at radius 3 is 2.46 bits per heavy atom. The molecule has 2 aromatic rings. The zero-order chi connectivity index (χ0) is 16.5. The van der Waals surface area contributed by atoms with Crippen LogP contribution in [0.2, 0.25) is 0 Å². The normalized spacial score (nSPS) is 25.8. The maximum absolute atomic E-state index is 12.7. The monoisotopic (exact) mass is 322 g/mol. The van der Waals surface area contributed by atoms with E-state index in [9.17, 15) is 4.79 Å². The molecule has 0 aromatic heterocycles. The summed E-state index contributed by atoms with van der Waals surface area (Å²) in [6, 6.07) is 17.9. The summed E-state index contributed by atoms with van der Waals surface area (Å²) in [6.45, 7) is 0. The molecule has 124 valence electrons. The van der Waals surface area contributed by atoms with Crippen LogP contribution in [-0.2, 0) is 14.3 Å². The van der Waals surface area contributed by atoms with Gasteiger partial charge in [-0.1, -0.05) is 54.6 Å². The quantitative estimate of drug-likeness (QED) is 0.774. The largest absolute Gasteiger partial charge is 0.455 e. The van der Waals surface area contributed by atoms with Crippen molar-refractivity contribution in [2.45, 2.75) is 37.4 Å². The third-order valence-electron chi connectivity index (χ3n) is 5.28. The highest BCUT2D eigenvalue weighted by molar-refractivity contribution is 5.77. The van der Waals surface area contributed by atoms with Crippen molar-refractivity contribution < 1.29 is 14.3 Å². The molecule has 2 aromatic carbocycles. The van der Waals surface area contributed by atoms with E-state index in [4.69, 9.17) is 9.47 Å². The second kappa shape index (κ2) is 6.40. The van der Waals surface area contributed by atoms with Gasteiger partial charge in [0, 0.05) is 7.11 Å². The van der Waals surface area contributed by atoms with Crippen LogP contribution in [0.4, 0.5) is 0 Å². The standard InChI is InChI=1S/C21H22O3/c1-23-20(14-7-3-2-4-8-14)21(22)24-19-12-11-15-13-18(15)16-9-5-6-10-17(16)19/h2-10,15,18-20H,11-13H2,1H3/t15-,18+,19+,20+/m1/s1. The average molecular weight is 322 g/mol. The van der Waals surface area contributed by atoms with Crippen LogP contribution in [0.25, 0.3) is 0 Å². The van der Waals surface area contributed by atoms with Gasteiger partial charge in [-0.25, -0.2) is 4.79 Å². The van der Waals surface area contributed by atoms with Gasteiger partial charge in [0.05, 0.1) is 0 Å². The number of carbonyl (C=O) groups excluding carboxylic acids is 1. The molecule has 1 saturated carbocycles.